The van der Waals surface area contributed by atoms with Crippen LogP contribution >= 0.6 is 0 Å². The van der Waals surface area contributed by atoms with Crippen molar-refractivity contribution in [1.29, 1.82) is 0 Å². The molecule has 8 nitrogen and oxygen atoms in total. The Kier molecular flexibility index (Phi) is 8.48. The van der Waals surface area contributed by atoms with E-state index < -0.39 is 22.5 Å². The van der Waals surface area contributed by atoms with Crippen molar-refractivity contribution < 1.29 is 22.7 Å². The summed E-state index contributed by atoms with van der Waals surface area (Å²) >= 11 is 0. The lowest BCUT2D eigenvalue weighted by atomic mass is 10.1. The Balaban J connectivity index is 1.77. The molecule has 184 valence electrons. The molecule has 3 rings (SSSR count). The van der Waals surface area contributed by atoms with E-state index in [-0.39, 0.29) is 23.2 Å². The van der Waals surface area contributed by atoms with E-state index in [0.717, 1.165) is 16.1 Å². The number of carbonyl (C=O) groups excluding carboxylic acids is 2. The Morgan fingerprint density at radius 2 is 1.66 bits per heavy atom. The summed E-state index contributed by atoms with van der Waals surface area (Å²) in [6.07, 6.45) is 1.03. The van der Waals surface area contributed by atoms with Crippen molar-refractivity contribution in [3.05, 3.63) is 90.0 Å². The van der Waals surface area contributed by atoms with E-state index in [0.29, 0.717) is 18.0 Å². The van der Waals surface area contributed by atoms with Crippen LogP contribution in [-0.2, 0) is 14.8 Å². The van der Waals surface area contributed by atoms with Crippen LogP contribution < -0.4 is 19.7 Å². The molecule has 0 bridgehead atoms. The number of para-hydroxylation sites is 1. The number of rotatable bonds is 10. The minimum atomic E-state index is -3.77. The van der Waals surface area contributed by atoms with E-state index in [2.05, 4.69) is 10.6 Å². The SMILES string of the molecule is CCOc1cccc(N(CC(=O)Nc2ccccc2C(=O)NC(C)c2ccccc2)S(C)(=O)=O)c1. The summed E-state index contributed by atoms with van der Waals surface area (Å²) in [5.41, 5.74) is 1.80. The van der Waals surface area contributed by atoms with E-state index in [1.807, 2.05) is 44.2 Å². The van der Waals surface area contributed by atoms with Gasteiger partial charge in [0.1, 0.15) is 12.3 Å². The van der Waals surface area contributed by atoms with Gasteiger partial charge in [-0.15, -0.1) is 0 Å². The Morgan fingerprint density at radius 1 is 0.971 bits per heavy atom. The zero-order valence-electron chi connectivity index (χ0n) is 19.9. The first-order valence-electron chi connectivity index (χ1n) is 11.1. The average Bonchev–Trinajstić information content (AvgIpc) is 2.83. The molecule has 0 aliphatic carbocycles. The molecule has 2 N–H and O–H groups in total. The summed E-state index contributed by atoms with van der Waals surface area (Å²) in [6.45, 7) is 3.65. The fourth-order valence-electron chi connectivity index (χ4n) is 3.50. The van der Waals surface area contributed by atoms with Crippen molar-refractivity contribution >= 4 is 33.2 Å². The van der Waals surface area contributed by atoms with Gasteiger partial charge in [0.05, 0.1) is 35.8 Å². The molecular formula is C26H29N3O5S. The Morgan fingerprint density at radius 3 is 2.34 bits per heavy atom. The van der Waals surface area contributed by atoms with Crippen molar-refractivity contribution in [2.75, 3.05) is 29.0 Å². The van der Waals surface area contributed by atoms with Gasteiger partial charge >= 0.3 is 0 Å². The predicted octanol–water partition coefficient (Wildman–Crippen LogP) is 3.98. The molecule has 9 heteroatoms. The van der Waals surface area contributed by atoms with Crippen LogP contribution in [0.15, 0.2) is 78.9 Å². The van der Waals surface area contributed by atoms with Crippen molar-refractivity contribution in [1.82, 2.24) is 5.32 Å². The fourth-order valence-corrected chi connectivity index (χ4v) is 4.35. The first kappa shape index (κ1) is 25.8. The molecule has 0 saturated heterocycles. The van der Waals surface area contributed by atoms with Gasteiger partial charge in [-0.3, -0.25) is 13.9 Å². The van der Waals surface area contributed by atoms with Gasteiger partial charge in [-0.05, 0) is 43.7 Å². The predicted molar refractivity (Wildman–Crippen MR) is 137 cm³/mol. The molecule has 0 aromatic heterocycles. The molecule has 0 heterocycles. The Hall–Kier alpha value is -3.85. The van der Waals surface area contributed by atoms with Gasteiger partial charge in [0.15, 0.2) is 0 Å². The van der Waals surface area contributed by atoms with E-state index in [1.54, 1.807) is 48.5 Å². The van der Waals surface area contributed by atoms with Crippen LogP contribution in [0.25, 0.3) is 0 Å². The molecule has 1 unspecified atom stereocenters. The van der Waals surface area contributed by atoms with Crippen LogP contribution in [0.3, 0.4) is 0 Å². The molecule has 0 aliphatic heterocycles. The molecule has 0 saturated carbocycles. The highest BCUT2D eigenvalue weighted by atomic mass is 32.2. The van der Waals surface area contributed by atoms with Crippen LogP contribution in [-0.4, -0.2) is 39.6 Å². The molecular weight excluding hydrogens is 466 g/mol. The number of carbonyl (C=O) groups is 2. The quantitative estimate of drug-likeness (QED) is 0.443. The number of hydrogen-bond acceptors (Lipinski definition) is 5. The zero-order chi connectivity index (χ0) is 25.4. The fraction of sp³-hybridized carbons (Fsp3) is 0.231. The third-order valence-electron chi connectivity index (χ3n) is 5.20. The molecule has 0 fully saturated rings. The Bertz CT molecular complexity index is 1280. The van der Waals surface area contributed by atoms with Crippen molar-refractivity contribution in [3.63, 3.8) is 0 Å². The summed E-state index contributed by atoms with van der Waals surface area (Å²) < 4.78 is 31.4. The first-order chi connectivity index (χ1) is 16.7. The van der Waals surface area contributed by atoms with E-state index >= 15 is 0 Å². The molecule has 3 aromatic carbocycles. The number of nitrogens with zero attached hydrogens (tertiary/aromatic N) is 1. The number of nitrogens with one attached hydrogen (secondary N) is 2. The number of anilines is 2. The van der Waals surface area contributed by atoms with Gasteiger partial charge < -0.3 is 15.4 Å². The highest BCUT2D eigenvalue weighted by molar-refractivity contribution is 7.92. The largest absolute Gasteiger partial charge is 0.494 e. The summed E-state index contributed by atoms with van der Waals surface area (Å²) in [7, 11) is -3.77. The summed E-state index contributed by atoms with van der Waals surface area (Å²) in [4.78, 5) is 25.8. The Labute approximate surface area is 206 Å². The lowest BCUT2D eigenvalue weighted by Crippen LogP contribution is -2.37. The maximum atomic E-state index is 13.0. The highest BCUT2D eigenvalue weighted by Crippen LogP contribution is 2.24. The lowest BCUT2D eigenvalue weighted by Gasteiger charge is -2.23. The van der Waals surface area contributed by atoms with Crippen LogP contribution in [0.2, 0.25) is 0 Å². The van der Waals surface area contributed by atoms with Gasteiger partial charge in [0.25, 0.3) is 5.91 Å². The van der Waals surface area contributed by atoms with E-state index in [1.165, 1.54) is 0 Å². The minimum Gasteiger partial charge on any atom is -0.494 e. The molecule has 2 amide bonds. The van der Waals surface area contributed by atoms with Crippen LogP contribution in [0.5, 0.6) is 5.75 Å². The molecule has 0 aliphatic rings. The molecule has 1 atom stereocenters. The summed E-state index contributed by atoms with van der Waals surface area (Å²) in [6, 6.07) is 22.4. The monoisotopic (exact) mass is 495 g/mol. The van der Waals surface area contributed by atoms with E-state index in [4.69, 9.17) is 4.74 Å². The van der Waals surface area contributed by atoms with Gasteiger partial charge in [0, 0.05) is 6.07 Å². The number of sulfonamides is 1. The first-order valence-corrected chi connectivity index (χ1v) is 13.0. The van der Waals surface area contributed by atoms with Crippen molar-refractivity contribution in [2.24, 2.45) is 0 Å². The summed E-state index contributed by atoms with van der Waals surface area (Å²) in [5, 5.41) is 5.60. The second kappa shape index (κ2) is 11.5. The van der Waals surface area contributed by atoms with Crippen LogP contribution in [0, 0.1) is 0 Å². The van der Waals surface area contributed by atoms with Crippen molar-refractivity contribution in [2.45, 2.75) is 19.9 Å². The summed E-state index contributed by atoms with van der Waals surface area (Å²) in [5.74, 6) is -0.455. The van der Waals surface area contributed by atoms with E-state index in [9.17, 15) is 18.0 Å². The van der Waals surface area contributed by atoms with Gasteiger partial charge in [-0.2, -0.15) is 0 Å². The molecule has 0 spiro atoms. The van der Waals surface area contributed by atoms with Gasteiger partial charge in [0.2, 0.25) is 15.9 Å². The average molecular weight is 496 g/mol. The minimum absolute atomic E-state index is 0.245. The highest BCUT2D eigenvalue weighted by Gasteiger charge is 2.23. The molecule has 35 heavy (non-hydrogen) atoms. The maximum absolute atomic E-state index is 13.0. The lowest BCUT2D eigenvalue weighted by molar-refractivity contribution is -0.114. The molecule has 0 radical (unpaired) electrons. The third kappa shape index (κ3) is 7.07. The standard InChI is InChI=1S/C26H29N3O5S/c1-4-34-22-14-10-13-21(17-22)29(35(3,32)33)18-25(30)28-24-16-9-8-15-23(24)26(31)27-19(2)20-11-6-5-7-12-20/h5-17,19H,4,18H2,1-3H3,(H,27,31)(H,28,30). The van der Waals surface area contributed by atoms with Gasteiger partial charge in [-0.1, -0.05) is 48.5 Å². The third-order valence-corrected chi connectivity index (χ3v) is 6.34. The zero-order valence-corrected chi connectivity index (χ0v) is 20.7. The molecule has 3 aromatic rings. The van der Waals surface area contributed by atoms with Gasteiger partial charge in [-0.25, -0.2) is 8.42 Å². The van der Waals surface area contributed by atoms with Crippen LogP contribution in [0.4, 0.5) is 11.4 Å². The van der Waals surface area contributed by atoms with Crippen LogP contribution in [0.1, 0.15) is 35.8 Å². The topological polar surface area (TPSA) is 105 Å². The number of benzene rings is 3. The normalized spacial score (nSPS) is 11.9. The number of amides is 2. The second-order valence-corrected chi connectivity index (χ2v) is 9.81. The smallest absolute Gasteiger partial charge is 0.253 e. The number of hydrogen-bond donors (Lipinski definition) is 2. The van der Waals surface area contributed by atoms with Crippen molar-refractivity contribution in [3.8, 4) is 5.75 Å². The maximum Gasteiger partial charge on any atom is 0.253 e. The second-order valence-electron chi connectivity index (χ2n) is 7.90. The number of ether oxygens (including phenoxy) is 1.